The first kappa shape index (κ1) is 23.6. The van der Waals surface area contributed by atoms with Crippen molar-refractivity contribution in [2.75, 3.05) is 23.7 Å². The van der Waals surface area contributed by atoms with Crippen LogP contribution in [-0.2, 0) is 0 Å². The highest BCUT2D eigenvalue weighted by Gasteiger charge is 2.14. The van der Waals surface area contributed by atoms with E-state index in [2.05, 4.69) is 30.6 Å². The van der Waals surface area contributed by atoms with E-state index in [1.807, 2.05) is 0 Å². The number of halogens is 6. The third-order valence-electron chi connectivity index (χ3n) is 4.26. The molecule has 30 heavy (non-hydrogen) atoms. The minimum atomic E-state index is -1.53. The van der Waals surface area contributed by atoms with Crippen molar-refractivity contribution in [1.29, 1.82) is 0 Å². The third-order valence-corrected chi connectivity index (χ3v) is 4.26. The summed E-state index contributed by atoms with van der Waals surface area (Å²) >= 11 is 0. The summed E-state index contributed by atoms with van der Waals surface area (Å²) in [5.41, 5.74) is 0. The van der Waals surface area contributed by atoms with E-state index in [1.165, 1.54) is 0 Å². The van der Waals surface area contributed by atoms with E-state index >= 15 is 0 Å². The highest BCUT2D eigenvalue weighted by Crippen LogP contribution is 2.15. The Balaban J connectivity index is 1.46. The van der Waals surface area contributed by atoms with Gasteiger partial charge in [-0.2, -0.15) is 46.3 Å². The second-order valence-corrected chi connectivity index (χ2v) is 6.57. The molecule has 0 saturated carbocycles. The minimum Gasteiger partial charge on any atom is -0.367 e. The minimum absolute atomic E-state index is 0.333. The summed E-state index contributed by atoms with van der Waals surface area (Å²) in [6, 6.07) is 0. The van der Waals surface area contributed by atoms with Crippen LogP contribution in [0, 0.1) is 35.7 Å². The van der Waals surface area contributed by atoms with E-state index in [1.54, 1.807) is 0 Å². The second-order valence-electron chi connectivity index (χ2n) is 6.57. The standard InChI is InChI=1S/C18H22F6N6/c19-11-13(21)27-17(23)29-15(11)25-9-7-5-3-1-2-4-6-8-10-26-16-12(20)14(22)28-18(24)30-16/h1-10H2,(H,25,27,29)(H,26,28,30). The van der Waals surface area contributed by atoms with Gasteiger partial charge in [0.1, 0.15) is 0 Å². The van der Waals surface area contributed by atoms with Crippen molar-refractivity contribution in [1.82, 2.24) is 19.9 Å². The molecule has 0 fully saturated rings. The zero-order valence-corrected chi connectivity index (χ0v) is 16.1. The van der Waals surface area contributed by atoms with Gasteiger partial charge in [0.05, 0.1) is 0 Å². The normalized spacial score (nSPS) is 11.0. The summed E-state index contributed by atoms with van der Waals surface area (Å²) in [5, 5.41) is 5.10. The number of unbranched alkanes of at least 4 members (excludes halogenated alkanes) is 7. The van der Waals surface area contributed by atoms with E-state index in [0.29, 0.717) is 25.9 Å². The highest BCUT2D eigenvalue weighted by molar-refractivity contribution is 5.35. The Labute approximate surface area is 169 Å². The van der Waals surface area contributed by atoms with Crippen LogP contribution in [0.25, 0.3) is 0 Å². The molecule has 0 unspecified atom stereocenters. The van der Waals surface area contributed by atoms with Crippen molar-refractivity contribution in [3.05, 3.63) is 35.7 Å². The summed E-state index contributed by atoms with van der Waals surface area (Å²) in [6.45, 7) is 0.665. The SMILES string of the molecule is Fc1nc(F)c(F)c(NCCCCCCCCCCNc2nc(F)nc(F)c2F)n1. The van der Waals surface area contributed by atoms with Crippen molar-refractivity contribution in [3.8, 4) is 0 Å². The summed E-state index contributed by atoms with van der Waals surface area (Å²) in [5.74, 6) is -6.63. The molecule has 2 heterocycles. The molecule has 2 aromatic rings. The van der Waals surface area contributed by atoms with E-state index in [-0.39, 0.29) is 0 Å². The molecule has 0 saturated heterocycles. The molecule has 166 valence electrons. The number of nitrogens with zero attached hydrogens (tertiary/aromatic N) is 4. The van der Waals surface area contributed by atoms with Crippen LogP contribution in [0.2, 0.25) is 0 Å². The molecule has 12 heteroatoms. The number of rotatable bonds is 13. The predicted octanol–water partition coefficient (Wildman–Crippen LogP) is 4.75. The molecule has 0 amide bonds. The van der Waals surface area contributed by atoms with Crippen LogP contribution in [0.1, 0.15) is 51.4 Å². The predicted molar refractivity (Wildman–Crippen MR) is 97.7 cm³/mol. The molecule has 0 aliphatic carbocycles. The van der Waals surface area contributed by atoms with E-state index in [0.717, 1.165) is 38.5 Å². The Kier molecular flexibility index (Phi) is 9.55. The van der Waals surface area contributed by atoms with Crippen LogP contribution in [0.15, 0.2) is 0 Å². The zero-order valence-electron chi connectivity index (χ0n) is 16.1. The first-order valence-corrected chi connectivity index (χ1v) is 9.63. The Morgan fingerprint density at radius 1 is 0.467 bits per heavy atom. The number of nitrogens with one attached hydrogen (secondary N) is 2. The van der Waals surface area contributed by atoms with Crippen LogP contribution in [0.5, 0.6) is 0 Å². The van der Waals surface area contributed by atoms with Gasteiger partial charge < -0.3 is 10.6 Å². The molecule has 2 N–H and O–H groups in total. The Morgan fingerprint density at radius 3 is 1.17 bits per heavy atom. The molecule has 0 aliphatic heterocycles. The maximum absolute atomic E-state index is 13.3. The topological polar surface area (TPSA) is 75.6 Å². The van der Waals surface area contributed by atoms with Crippen molar-refractivity contribution >= 4 is 11.6 Å². The Morgan fingerprint density at radius 2 is 0.800 bits per heavy atom. The molecule has 0 radical (unpaired) electrons. The van der Waals surface area contributed by atoms with Gasteiger partial charge in [0.15, 0.2) is 11.6 Å². The highest BCUT2D eigenvalue weighted by atomic mass is 19.2. The molecule has 0 aromatic carbocycles. The fourth-order valence-corrected chi connectivity index (χ4v) is 2.75. The largest absolute Gasteiger partial charge is 0.367 e. The van der Waals surface area contributed by atoms with E-state index in [9.17, 15) is 26.3 Å². The molecule has 2 aromatic heterocycles. The fourth-order valence-electron chi connectivity index (χ4n) is 2.75. The quantitative estimate of drug-likeness (QED) is 0.204. The molecular formula is C18H22F6N6. The Hall–Kier alpha value is -2.66. The van der Waals surface area contributed by atoms with Gasteiger partial charge in [0.2, 0.25) is 11.6 Å². The van der Waals surface area contributed by atoms with Gasteiger partial charge in [-0.25, -0.2) is 0 Å². The van der Waals surface area contributed by atoms with Crippen molar-refractivity contribution in [2.45, 2.75) is 51.4 Å². The average molecular weight is 436 g/mol. The van der Waals surface area contributed by atoms with Gasteiger partial charge in [-0.1, -0.05) is 38.5 Å². The lowest BCUT2D eigenvalue weighted by molar-refractivity contribution is 0.429. The fraction of sp³-hybridized carbons (Fsp3) is 0.556. The molecule has 2 rings (SSSR count). The zero-order chi connectivity index (χ0) is 21.9. The maximum Gasteiger partial charge on any atom is 0.313 e. The maximum atomic E-state index is 13.3. The van der Waals surface area contributed by atoms with Crippen LogP contribution in [-0.4, -0.2) is 33.0 Å². The molecule has 0 spiro atoms. The van der Waals surface area contributed by atoms with Crippen LogP contribution < -0.4 is 10.6 Å². The number of aromatic nitrogens is 4. The van der Waals surface area contributed by atoms with Gasteiger partial charge in [0.25, 0.3) is 11.9 Å². The number of hydrogen-bond acceptors (Lipinski definition) is 6. The number of hydrogen-bond donors (Lipinski definition) is 2. The van der Waals surface area contributed by atoms with Crippen molar-refractivity contribution in [3.63, 3.8) is 0 Å². The smallest absolute Gasteiger partial charge is 0.313 e. The van der Waals surface area contributed by atoms with Gasteiger partial charge >= 0.3 is 12.2 Å². The number of anilines is 2. The summed E-state index contributed by atoms with van der Waals surface area (Å²) in [7, 11) is 0. The van der Waals surface area contributed by atoms with Crippen LogP contribution in [0.3, 0.4) is 0 Å². The molecule has 0 atom stereocenters. The monoisotopic (exact) mass is 436 g/mol. The first-order valence-electron chi connectivity index (χ1n) is 9.63. The Bertz CT molecular complexity index is 755. The lowest BCUT2D eigenvalue weighted by atomic mass is 10.1. The van der Waals surface area contributed by atoms with Crippen LogP contribution in [0.4, 0.5) is 38.0 Å². The van der Waals surface area contributed by atoms with Gasteiger partial charge in [-0.3, -0.25) is 0 Å². The van der Waals surface area contributed by atoms with E-state index in [4.69, 9.17) is 0 Å². The summed E-state index contributed by atoms with van der Waals surface area (Å²) in [4.78, 5) is 11.6. The van der Waals surface area contributed by atoms with Gasteiger partial charge in [-0.05, 0) is 12.8 Å². The van der Waals surface area contributed by atoms with Gasteiger partial charge in [-0.15, -0.1) is 0 Å². The lowest BCUT2D eigenvalue weighted by Gasteiger charge is -2.07. The molecule has 0 aliphatic rings. The van der Waals surface area contributed by atoms with Gasteiger partial charge in [0, 0.05) is 13.1 Å². The summed E-state index contributed by atoms with van der Waals surface area (Å²) in [6.07, 6.45) is 4.29. The van der Waals surface area contributed by atoms with Crippen molar-refractivity contribution in [2.24, 2.45) is 0 Å². The lowest BCUT2D eigenvalue weighted by Crippen LogP contribution is -2.10. The first-order chi connectivity index (χ1) is 14.4. The molecule has 0 bridgehead atoms. The van der Waals surface area contributed by atoms with Crippen LogP contribution >= 0.6 is 0 Å². The van der Waals surface area contributed by atoms with Crippen molar-refractivity contribution < 1.29 is 26.3 Å². The molecule has 6 nitrogen and oxygen atoms in total. The molecular weight excluding hydrogens is 414 g/mol. The van der Waals surface area contributed by atoms with E-state index < -0.39 is 47.3 Å². The summed E-state index contributed by atoms with van der Waals surface area (Å²) < 4.78 is 78.3. The average Bonchev–Trinajstić information content (AvgIpc) is 2.69. The third kappa shape index (κ3) is 7.64. The second kappa shape index (κ2) is 12.1.